The Kier molecular flexibility index (Phi) is 2.76. The van der Waals surface area contributed by atoms with E-state index in [2.05, 4.69) is 32.1 Å². The fourth-order valence-corrected chi connectivity index (χ4v) is 1.61. The first-order valence-corrected chi connectivity index (χ1v) is 5.07. The molecular weight excluding hydrogens is 291 g/mol. The molecule has 0 aliphatic rings. The van der Waals surface area contributed by atoms with Crippen LogP contribution in [0.25, 0.3) is 11.3 Å². The van der Waals surface area contributed by atoms with Crippen LogP contribution in [0, 0.1) is 6.07 Å². The lowest BCUT2D eigenvalue weighted by molar-refractivity contribution is 0.432. The number of pyridine rings is 1. The predicted molar refractivity (Wildman–Crippen MR) is 56.3 cm³/mol. The quantitative estimate of drug-likeness (QED) is 0.754. The summed E-state index contributed by atoms with van der Waals surface area (Å²) in [6.45, 7) is 0. The van der Waals surface area contributed by atoms with Crippen molar-refractivity contribution in [1.82, 2.24) is 10.1 Å². The minimum atomic E-state index is 0.229. The Bertz CT molecular complexity index is 472. The standard InChI is InChI=1S/C8H2BrCl2N2O/c9-5-2-13-14-8(5)4-1-7(11)12-3-6(4)10/h2-3H. The third-order valence-corrected chi connectivity index (χ3v) is 2.56. The number of halogens is 3. The number of hydrogen-bond donors (Lipinski definition) is 0. The van der Waals surface area contributed by atoms with Gasteiger partial charge in [0.25, 0.3) is 0 Å². The molecule has 2 heterocycles. The van der Waals surface area contributed by atoms with Crippen molar-refractivity contribution in [3.8, 4) is 11.3 Å². The van der Waals surface area contributed by atoms with Gasteiger partial charge in [-0.1, -0.05) is 28.4 Å². The second kappa shape index (κ2) is 3.88. The van der Waals surface area contributed by atoms with Crippen LogP contribution in [0.5, 0.6) is 0 Å². The SMILES string of the molecule is Clc1[c]c(-c2oncc2Br)c(Cl)cn1. The fraction of sp³-hybridized carbons (Fsp3) is 0. The molecular formula is C8H2BrCl2N2O. The molecule has 0 aliphatic heterocycles. The predicted octanol–water partition coefficient (Wildman–Crippen LogP) is 3.61. The summed E-state index contributed by atoms with van der Waals surface area (Å²) in [4.78, 5) is 3.78. The van der Waals surface area contributed by atoms with E-state index in [1.54, 1.807) is 0 Å². The highest BCUT2D eigenvalue weighted by Crippen LogP contribution is 2.33. The first-order valence-electron chi connectivity index (χ1n) is 3.52. The highest BCUT2D eigenvalue weighted by atomic mass is 79.9. The summed E-state index contributed by atoms with van der Waals surface area (Å²) in [6, 6.07) is 2.78. The molecule has 0 atom stereocenters. The fourth-order valence-electron chi connectivity index (χ4n) is 0.931. The Labute approximate surface area is 98.1 Å². The van der Waals surface area contributed by atoms with Crippen LogP contribution in [0.3, 0.4) is 0 Å². The summed E-state index contributed by atoms with van der Waals surface area (Å²) in [5.41, 5.74) is 0.538. The van der Waals surface area contributed by atoms with E-state index in [0.29, 0.717) is 20.8 Å². The summed E-state index contributed by atoms with van der Waals surface area (Å²) < 4.78 is 5.68. The van der Waals surface area contributed by atoms with E-state index in [1.165, 1.54) is 12.4 Å². The van der Waals surface area contributed by atoms with Crippen molar-refractivity contribution in [3.63, 3.8) is 0 Å². The van der Waals surface area contributed by atoms with Gasteiger partial charge >= 0.3 is 0 Å². The number of nitrogens with zero attached hydrogens (tertiary/aromatic N) is 2. The lowest BCUT2D eigenvalue weighted by atomic mass is 10.2. The van der Waals surface area contributed by atoms with E-state index in [0.717, 1.165) is 0 Å². The minimum absolute atomic E-state index is 0.229. The van der Waals surface area contributed by atoms with Crippen molar-refractivity contribution >= 4 is 39.1 Å². The molecule has 0 saturated heterocycles. The number of rotatable bonds is 1. The monoisotopic (exact) mass is 291 g/mol. The van der Waals surface area contributed by atoms with Gasteiger partial charge in [0, 0.05) is 12.3 Å². The topological polar surface area (TPSA) is 38.9 Å². The van der Waals surface area contributed by atoms with Gasteiger partial charge in [-0.25, -0.2) is 4.98 Å². The molecule has 2 aromatic heterocycles. The molecule has 0 spiro atoms. The van der Waals surface area contributed by atoms with Gasteiger partial charge in [0.2, 0.25) is 0 Å². The smallest absolute Gasteiger partial charge is 0.183 e. The van der Waals surface area contributed by atoms with Gasteiger partial charge in [0.15, 0.2) is 5.76 Å². The van der Waals surface area contributed by atoms with Gasteiger partial charge in [-0.05, 0) is 15.9 Å². The van der Waals surface area contributed by atoms with Gasteiger partial charge in [0.05, 0.1) is 21.3 Å². The third kappa shape index (κ3) is 1.78. The van der Waals surface area contributed by atoms with Crippen LogP contribution in [0.4, 0.5) is 0 Å². The molecule has 71 valence electrons. The first-order chi connectivity index (χ1) is 6.68. The van der Waals surface area contributed by atoms with E-state index >= 15 is 0 Å². The number of hydrogen-bond acceptors (Lipinski definition) is 3. The highest BCUT2D eigenvalue weighted by Gasteiger charge is 2.13. The Morgan fingerprint density at radius 1 is 1.36 bits per heavy atom. The number of aromatic nitrogens is 2. The molecule has 0 unspecified atom stereocenters. The Morgan fingerprint density at radius 2 is 2.14 bits per heavy atom. The van der Waals surface area contributed by atoms with Crippen LogP contribution in [-0.4, -0.2) is 10.1 Å². The van der Waals surface area contributed by atoms with Gasteiger partial charge in [-0.2, -0.15) is 0 Å². The molecule has 6 heteroatoms. The van der Waals surface area contributed by atoms with Gasteiger partial charge in [-0.3, -0.25) is 0 Å². The lowest BCUT2D eigenvalue weighted by Gasteiger charge is -1.99. The molecule has 14 heavy (non-hydrogen) atoms. The van der Waals surface area contributed by atoms with E-state index < -0.39 is 0 Å². The second-order valence-corrected chi connectivity index (χ2v) is 4.02. The Hall–Kier alpha value is -0.580. The summed E-state index contributed by atoms with van der Waals surface area (Å²) in [7, 11) is 0. The molecule has 0 amide bonds. The lowest BCUT2D eigenvalue weighted by Crippen LogP contribution is -1.82. The molecule has 2 aromatic rings. The van der Waals surface area contributed by atoms with E-state index in [4.69, 9.17) is 27.7 Å². The van der Waals surface area contributed by atoms with Gasteiger partial charge in [0.1, 0.15) is 5.15 Å². The van der Waals surface area contributed by atoms with E-state index in [9.17, 15) is 0 Å². The van der Waals surface area contributed by atoms with E-state index in [1.807, 2.05) is 0 Å². The maximum absolute atomic E-state index is 5.90. The zero-order chi connectivity index (χ0) is 10.1. The highest BCUT2D eigenvalue weighted by molar-refractivity contribution is 9.10. The summed E-state index contributed by atoms with van der Waals surface area (Å²) in [5.74, 6) is 0.485. The van der Waals surface area contributed by atoms with Crippen molar-refractivity contribution in [2.45, 2.75) is 0 Å². The second-order valence-electron chi connectivity index (χ2n) is 2.40. The van der Waals surface area contributed by atoms with Gasteiger partial charge in [-0.15, -0.1) is 0 Å². The average molecular weight is 293 g/mol. The van der Waals surface area contributed by atoms with Crippen molar-refractivity contribution in [1.29, 1.82) is 0 Å². The Balaban J connectivity index is 2.62. The molecule has 0 aliphatic carbocycles. The molecule has 1 radical (unpaired) electrons. The molecule has 0 saturated carbocycles. The molecule has 2 rings (SSSR count). The zero-order valence-electron chi connectivity index (χ0n) is 6.59. The first kappa shape index (κ1) is 9.96. The molecule has 0 N–H and O–H groups in total. The van der Waals surface area contributed by atoms with Crippen molar-refractivity contribution < 1.29 is 4.52 Å². The Morgan fingerprint density at radius 3 is 2.79 bits per heavy atom. The maximum Gasteiger partial charge on any atom is 0.183 e. The van der Waals surface area contributed by atoms with Gasteiger partial charge < -0.3 is 4.52 Å². The van der Waals surface area contributed by atoms with Crippen molar-refractivity contribution in [3.05, 3.63) is 33.1 Å². The van der Waals surface area contributed by atoms with E-state index in [-0.39, 0.29) is 5.15 Å². The zero-order valence-corrected chi connectivity index (χ0v) is 9.69. The van der Waals surface area contributed by atoms with Crippen LogP contribution in [0.15, 0.2) is 21.4 Å². The molecule has 3 nitrogen and oxygen atoms in total. The van der Waals surface area contributed by atoms with Crippen molar-refractivity contribution in [2.75, 3.05) is 0 Å². The van der Waals surface area contributed by atoms with Crippen molar-refractivity contribution in [2.24, 2.45) is 0 Å². The summed E-state index contributed by atoms with van der Waals surface area (Å²) in [6.07, 6.45) is 2.96. The van der Waals surface area contributed by atoms with Crippen LogP contribution < -0.4 is 0 Å². The average Bonchev–Trinajstić information content (AvgIpc) is 2.56. The minimum Gasteiger partial charge on any atom is -0.355 e. The van der Waals surface area contributed by atoms with Crippen LogP contribution >= 0.6 is 39.1 Å². The van der Waals surface area contributed by atoms with Crippen LogP contribution in [0.2, 0.25) is 10.2 Å². The largest absolute Gasteiger partial charge is 0.355 e. The molecule has 0 aromatic carbocycles. The molecule has 0 bridgehead atoms. The summed E-state index contributed by atoms with van der Waals surface area (Å²) in [5, 5.41) is 4.24. The third-order valence-electron chi connectivity index (χ3n) is 1.51. The summed E-state index contributed by atoms with van der Waals surface area (Å²) >= 11 is 14.8. The van der Waals surface area contributed by atoms with Crippen LogP contribution in [-0.2, 0) is 0 Å². The normalized spacial score (nSPS) is 10.5. The van der Waals surface area contributed by atoms with Crippen LogP contribution in [0.1, 0.15) is 0 Å². The maximum atomic E-state index is 5.90. The molecule has 0 fully saturated rings.